The van der Waals surface area contributed by atoms with Crippen LogP contribution in [0.2, 0.25) is 0 Å². The van der Waals surface area contributed by atoms with E-state index in [0.29, 0.717) is 5.75 Å². The van der Waals surface area contributed by atoms with Crippen molar-refractivity contribution in [2.45, 2.75) is 28.9 Å². The minimum absolute atomic E-state index is 0.161. The van der Waals surface area contributed by atoms with Crippen molar-refractivity contribution >= 4 is 39.5 Å². The molecule has 1 aromatic rings. The normalized spacial score (nSPS) is 24.2. The summed E-state index contributed by atoms with van der Waals surface area (Å²) >= 11 is 2.70. The van der Waals surface area contributed by atoms with Crippen LogP contribution < -0.4 is 0 Å². The lowest BCUT2D eigenvalue weighted by Crippen LogP contribution is -2.24. The van der Waals surface area contributed by atoms with Gasteiger partial charge in [0.05, 0.1) is 14.2 Å². The lowest BCUT2D eigenvalue weighted by Gasteiger charge is -2.40. The highest BCUT2D eigenvalue weighted by molar-refractivity contribution is 8.41. The second kappa shape index (κ2) is 7.39. The van der Waals surface area contributed by atoms with Crippen LogP contribution in [0.5, 0.6) is 0 Å². The predicted molar refractivity (Wildman–Crippen MR) is 89.7 cm³/mol. The van der Waals surface area contributed by atoms with E-state index in [2.05, 4.69) is 6.07 Å². The van der Waals surface area contributed by atoms with Gasteiger partial charge >= 0.3 is 0 Å². The maximum atomic E-state index is 12.1. The van der Waals surface area contributed by atoms with Crippen LogP contribution in [-0.4, -0.2) is 32.2 Å². The van der Waals surface area contributed by atoms with Gasteiger partial charge in [0.1, 0.15) is 0 Å². The smallest absolute Gasteiger partial charge is 0.191 e. The molecule has 118 valence electrons. The Bertz CT molecular complexity index is 535. The average Bonchev–Trinajstić information content (AvgIpc) is 2.49. The monoisotopic (exact) mass is 348 g/mol. The van der Waals surface area contributed by atoms with E-state index >= 15 is 0 Å². The van der Waals surface area contributed by atoms with Crippen molar-refractivity contribution in [2.75, 3.05) is 27.1 Å². The van der Waals surface area contributed by atoms with E-state index in [-0.39, 0.29) is 5.12 Å². The van der Waals surface area contributed by atoms with Gasteiger partial charge in [-0.15, -0.1) is 0 Å². The fourth-order valence-electron chi connectivity index (χ4n) is 2.50. The Labute approximate surface area is 136 Å². The Morgan fingerprint density at radius 3 is 2.14 bits per heavy atom. The Kier molecular flexibility index (Phi) is 6.05. The summed E-state index contributed by atoms with van der Waals surface area (Å²) in [5, 5.41) is 0.161. The molecule has 1 atom stereocenters. The van der Waals surface area contributed by atoms with Gasteiger partial charge in [0, 0.05) is 59.4 Å². The van der Waals surface area contributed by atoms with Crippen molar-refractivity contribution in [3.8, 4) is 0 Å². The number of hydrogen-bond donors (Lipinski definition) is 0. The second-order valence-corrected chi connectivity index (χ2v) is 9.70. The maximum Gasteiger partial charge on any atom is 0.191 e. The molecule has 7 heteroatoms. The van der Waals surface area contributed by atoms with Crippen molar-refractivity contribution in [1.82, 2.24) is 0 Å². The van der Waals surface area contributed by atoms with Gasteiger partial charge in [-0.25, -0.2) is 0 Å². The van der Waals surface area contributed by atoms with Gasteiger partial charge in [-0.05, 0) is 29.7 Å². The molecule has 0 fully saturated rings. The zero-order chi connectivity index (χ0) is 15.5. The van der Waals surface area contributed by atoms with Crippen molar-refractivity contribution in [2.24, 2.45) is 0 Å². The van der Waals surface area contributed by atoms with Crippen molar-refractivity contribution < 1.29 is 17.3 Å². The summed E-state index contributed by atoms with van der Waals surface area (Å²) in [7, 11) is 3.27. The molecule has 1 aliphatic heterocycles. The van der Waals surface area contributed by atoms with Crippen LogP contribution in [0.1, 0.15) is 18.1 Å². The molecule has 0 amide bonds. The number of hydrogen-bond acceptors (Lipinski definition) is 6. The van der Waals surface area contributed by atoms with E-state index < -0.39 is 10.3 Å². The predicted octanol–water partition coefficient (Wildman–Crippen LogP) is 3.96. The number of rotatable bonds is 5. The van der Waals surface area contributed by atoms with E-state index in [0.717, 1.165) is 22.0 Å². The van der Waals surface area contributed by atoms with Crippen molar-refractivity contribution in [3.05, 3.63) is 23.3 Å². The number of fused-ring (bicyclic) bond motifs is 1. The van der Waals surface area contributed by atoms with Gasteiger partial charge < -0.3 is 12.5 Å². The standard InChI is InChI=1S/C14H20O4S3/c1-10(15)21(18-4)8-7-11-12(9-21)14(20-17-3)6-5-13(11)19-16-2/h5-6H,7-9H2,1-4H3. The van der Waals surface area contributed by atoms with Crippen LogP contribution in [0.15, 0.2) is 21.9 Å². The Hall–Kier alpha value is -0.180. The summed E-state index contributed by atoms with van der Waals surface area (Å²) < 4.78 is 16.1. The first-order valence-electron chi connectivity index (χ1n) is 6.49. The number of carbonyl (C=O) groups is 1. The maximum absolute atomic E-state index is 12.1. The molecule has 0 saturated heterocycles. The van der Waals surface area contributed by atoms with Crippen molar-refractivity contribution in [3.63, 3.8) is 0 Å². The molecule has 0 bridgehead atoms. The molecule has 0 N–H and O–H groups in total. The highest BCUT2D eigenvalue weighted by atomic mass is 32.3. The molecule has 0 aromatic heterocycles. The summed E-state index contributed by atoms with van der Waals surface area (Å²) in [5.41, 5.74) is 2.42. The largest absolute Gasteiger partial charge is 0.333 e. The van der Waals surface area contributed by atoms with E-state index in [1.165, 1.54) is 35.2 Å². The molecule has 0 saturated carbocycles. The number of benzene rings is 1. The van der Waals surface area contributed by atoms with E-state index in [4.69, 9.17) is 12.5 Å². The fraction of sp³-hybridized carbons (Fsp3) is 0.500. The summed E-state index contributed by atoms with van der Waals surface area (Å²) in [6.45, 7) is 1.64. The highest BCUT2D eigenvalue weighted by Crippen LogP contribution is 2.57. The molecule has 0 spiro atoms. The SMILES string of the molecule is COSc1ccc(SOC)c2c1CCS(OC)(C(C)=O)C2. The lowest BCUT2D eigenvalue weighted by atomic mass is 10.1. The van der Waals surface area contributed by atoms with Crippen LogP contribution in [-0.2, 0) is 29.5 Å². The summed E-state index contributed by atoms with van der Waals surface area (Å²) in [5.74, 6) is 1.45. The molecule has 1 aromatic carbocycles. The van der Waals surface area contributed by atoms with Gasteiger partial charge in [-0.2, -0.15) is 0 Å². The van der Waals surface area contributed by atoms with Crippen molar-refractivity contribution in [1.29, 1.82) is 0 Å². The molecular weight excluding hydrogens is 328 g/mol. The third kappa shape index (κ3) is 3.43. The molecule has 0 radical (unpaired) electrons. The minimum Gasteiger partial charge on any atom is -0.333 e. The zero-order valence-corrected chi connectivity index (χ0v) is 15.1. The van der Waals surface area contributed by atoms with Crippen LogP contribution in [0, 0.1) is 0 Å². The number of carbonyl (C=O) groups excluding carboxylic acids is 1. The Morgan fingerprint density at radius 1 is 1.10 bits per heavy atom. The Morgan fingerprint density at radius 2 is 1.67 bits per heavy atom. The van der Waals surface area contributed by atoms with Gasteiger partial charge in [-0.1, -0.05) is 10.3 Å². The molecule has 1 heterocycles. The van der Waals surface area contributed by atoms with Crippen LogP contribution >= 0.6 is 34.4 Å². The van der Waals surface area contributed by atoms with Gasteiger partial charge in [0.15, 0.2) is 5.12 Å². The first-order valence-corrected chi connectivity index (χ1v) is 9.87. The second-order valence-electron chi connectivity index (χ2n) is 4.59. The Balaban J connectivity index is 2.48. The molecule has 4 nitrogen and oxygen atoms in total. The summed E-state index contributed by atoms with van der Waals surface area (Å²) in [6, 6.07) is 4.08. The summed E-state index contributed by atoms with van der Waals surface area (Å²) in [6.07, 6.45) is 0.835. The minimum atomic E-state index is -1.70. The zero-order valence-electron chi connectivity index (χ0n) is 12.6. The first-order chi connectivity index (χ1) is 10.1. The van der Waals surface area contributed by atoms with Gasteiger partial charge in [0.25, 0.3) is 0 Å². The van der Waals surface area contributed by atoms with Crippen LogP contribution in [0.4, 0.5) is 0 Å². The van der Waals surface area contributed by atoms with Gasteiger partial charge in [-0.3, -0.25) is 4.79 Å². The first kappa shape index (κ1) is 17.2. The van der Waals surface area contributed by atoms with Gasteiger partial charge in [0.2, 0.25) is 0 Å². The highest BCUT2D eigenvalue weighted by Gasteiger charge is 2.36. The molecule has 0 aliphatic carbocycles. The van der Waals surface area contributed by atoms with E-state index in [9.17, 15) is 4.79 Å². The average molecular weight is 349 g/mol. The van der Waals surface area contributed by atoms with E-state index in [1.54, 1.807) is 28.3 Å². The van der Waals surface area contributed by atoms with E-state index in [1.807, 2.05) is 6.07 Å². The topological polar surface area (TPSA) is 44.8 Å². The van der Waals surface area contributed by atoms with Crippen LogP contribution in [0.25, 0.3) is 0 Å². The van der Waals surface area contributed by atoms with Crippen LogP contribution in [0.3, 0.4) is 0 Å². The third-order valence-electron chi connectivity index (χ3n) is 3.59. The third-order valence-corrected chi connectivity index (χ3v) is 8.36. The lowest BCUT2D eigenvalue weighted by molar-refractivity contribution is -0.110. The fourth-order valence-corrected chi connectivity index (χ4v) is 6.30. The molecule has 1 aliphatic rings. The quantitative estimate of drug-likeness (QED) is 0.751. The molecule has 1 unspecified atom stereocenters. The summed E-state index contributed by atoms with van der Waals surface area (Å²) in [4.78, 5) is 14.3. The molecule has 21 heavy (non-hydrogen) atoms. The molecule has 2 rings (SSSR count). The molecular formula is C14H20O4S3.